The lowest BCUT2D eigenvalue weighted by molar-refractivity contribution is -0.148. The van der Waals surface area contributed by atoms with Crippen molar-refractivity contribution in [3.8, 4) is 0 Å². The number of esters is 1. The largest absolute Gasteiger partial charge is 0.464 e. The second-order valence-electron chi connectivity index (χ2n) is 4.71. The van der Waals surface area contributed by atoms with Gasteiger partial charge >= 0.3 is 5.97 Å². The van der Waals surface area contributed by atoms with Gasteiger partial charge in [-0.3, -0.25) is 8.98 Å². The molecule has 2 rings (SSSR count). The van der Waals surface area contributed by atoms with Crippen molar-refractivity contribution in [2.45, 2.75) is 18.8 Å². The van der Waals surface area contributed by atoms with Crippen LogP contribution in [0, 0.1) is 0 Å². The molecule has 120 valence electrons. The van der Waals surface area contributed by atoms with Gasteiger partial charge in [-0.05, 0) is 24.5 Å². The van der Waals surface area contributed by atoms with E-state index in [4.69, 9.17) is 8.92 Å². The minimum Gasteiger partial charge on any atom is -0.464 e. The number of benzene rings is 2. The molecule has 0 saturated heterocycles. The summed E-state index contributed by atoms with van der Waals surface area (Å²) in [5.74, 6) is -0.523. The monoisotopic (exact) mass is 330 g/mol. The van der Waals surface area contributed by atoms with Crippen molar-refractivity contribution < 1.29 is 18.5 Å². The molecular weight excluding hydrogens is 312 g/mol. The molecule has 0 bridgehead atoms. The van der Waals surface area contributed by atoms with Crippen LogP contribution in [0.2, 0.25) is 0 Å². The maximum Gasteiger partial charge on any atom is 0.344 e. The number of ketones is 1. The van der Waals surface area contributed by atoms with E-state index in [0.717, 1.165) is 17.6 Å². The van der Waals surface area contributed by atoms with Crippen LogP contribution < -0.4 is 0 Å². The van der Waals surface area contributed by atoms with Crippen LogP contribution in [0.25, 0.3) is 0 Å². The Morgan fingerprint density at radius 2 is 1.61 bits per heavy atom. The summed E-state index contributed by atoms with van der Waals surface area (Å²) in [4.78, 5) is 24.5. The Morgan fingerprint density at radius 1 is 1.00 bits per heavy atom. The summed E-state index contributed by atoms with van der Waals surface area (Å²) >= 11 is 1.07. The van der Waals surface area contributed by atoms with Crippen LogP contribution in [-0.4, -0.2) is 24.5 Å². The van der Waals surface area contributed by atoms with Gasteiger partial charge in [0, 0.05) is 11.3 Å². The van der Waals surface area contributed by atoms with E-state index in [-0.39, 0.29) is 6.61 Å². The molecule has 0 aliphatic carbocycles. The normalized spacial score (nSPS) is 11.7. The van der Waals surface area contributed by atoms with Crippen LogP contribution in [0.4, 0.5) is 0 Å². The third-order valence-corrected chi connectivity index (χ3v) is 3.81. The first-order valence-corrected chi connectivity index (χ1v) is 8.21. The number of ether oxygens (including phenoxy) is 1. The van der Waals surface area contributed by atoms with E-state index >= 15 is 0 Å². The lowest BCUT2D eigenvalue weighted by Gasteiger charge is -2.14. The van der Waals surface area contributed by atoms with Crippen LogP contribution in [0.15, 0.2) is 60.7 Å². The predicted octanol–water partition coefficient (Wildman–Crippen LogP) is 3.67. The summed E-state index contributed by atoms with van der Waals surface area (Å²) in [5, 5.41) is 0. The quantitative estimate of drug-likeness (QED) is 0.320. The summed E-state index contributed by atoms with van der Waals surface area (Å²) in [6.45, 7) is 1.89. The minimum absolute atomic E-state index is 0.199. The smallest absolute Gasteiger partial charge is 0.344 e. The summed E-state index contributed by atoms with van der Waals surface area (Å²) < 4.78 is 10.4. The van der Waals surface area contributed by atoms with Gasteiger partial charge < -0.3 is 4.74 Å². The van der Waals surface area contributed by atoms with E-state index in [1.54, 1.807) is 37.3 Å². The van der Waals surface area contributed by atoms with Crippen LogP contribution in [-0.2, 0) is 19.5 Å². The van der Waals surface area contributed by atoms with Gasteiger partial charge in [0.1, 0.15) is 0 Å². The zero-order chi connectivity index (χ0) is 16.5. The molecule has 2 aromatic carbocycles. The third kappa shape index (κ3) is 5.23. The predicted molar refractivity (Wildman–Crippen MR) is 90.0 cm³/mol. The second-order valence-corrected chi connectivity index (χ2v) is 5.42. The van der Waals surface area contributed by atoms with Crippen molar-refractivity contribution in [2.24, 2.45) is 0 Å². The maximum atomic E-state index is 12.5. The molecule has 0 saturated carbocycles. The fraction of sp³-hybridized carbons (Fsp3) is 0.222. The molecule has 0 N–H and O–H groups in total. The first-order valence-electron chi connectivity index (χ1n) is 7.30. The fourth-order valence-corrected chi connectivity index (χ4v) is 2.60. The van der Waals surface area contributed by atoms with E-state index in [9.17, 15) is 9.59 Å². The van der Waals surface area contributed by atoms with E-state index < -0.39 is 17.9 Å². The third-order valence-electron chi connectivity index (χ3n) is 3.03. The van der Waals surface area contributed by atoms with Crippen molar-refractivity contribution in [1.29, 1.82) is 0 Å². The summed E-state index contributed by atoms with van der Waals surface area (Å²) in [7, 11) is 0. The van der Waals surface area contributed by atoms with Gasteiger partial charge in [0.05, 0.1) is 6.61 Å². The molecule has 0 aromatic heterocycles. The van der Waals surface area contributed by atoms with Crippen LogP contribution in [0.1, 0.15) is 22.8 Å². The Kier molecular flexibility index (Phi) is 6.84. The van der Waals surface area contributed by atoms with Crippen molar-refractivity contribution in [2.75, 3.05) is 6.61 Å². The number of carbonyl (C=O) groups is 2. The van der Waals surface area contributed by atoms with Gasteiger partial charge in [-0.25, -0.2) is 4.79 Å². The van der Waals surface area contributed by atoms with Gasteiger partial charge in [0.25, 0.3) is 0 Å². The lowest BCUT2D eigenvalue weighted by atomic mass is 10.1. The number of rotatable bonds is 8. The van der Waals surface area contributed by atoms with Gasteiger partial charge in [-0.1, -0.05) is 60.7 Å². The summed E-state index contributed by atoms with van der Waals surface area (Å²) in [6.07, 6.45) is -1.26. The highest BCUT2D eigenvalue weighted by Gasteiger charge is 2.30. The molecule has 0 spiro atoms. The zero-order valence-electron chi connectivity index (χ0n) is 12.8. The molecule has 1 unspecified atom stereocenters. The molecular formula is C18H18O4S. The molecule has 0 heterocycles. The van der Waals surface area contributed by atoms with Crippen molar-refractivity contribution >= 4 is 23.8 Å². The van der Waals surface area contributed by atoms with Crippen LogP contribution >= 0.6 is 12.0 Å². The topological polar surface area (TPSA) is 52.6 Å². The highest BCUT2D eigenvalue weighted by Crippen LogP contribution is 2.18. The zero-order valence-corrected chi connectivity index (χ0v) is 13.6. The fourth-order valence-electron chi connectivity index (χ4n) is 1.91. The number of carbonyl (C=O) groups excluding carboxylic acids is 2. The molecule has 1 atom stereocenters. The van der Waals surface area contributed by atoms with E-state index in [2.05, 4.69) is 0 Å². The number of Topliss-reactive ketones (excluding diaryl/α,β-unsaturated/α-hetero) is 1. The average Bonchev–Trinajstić information content (AvgIpc) is 2.60. The first-order chi connectivity index (χ1) is 11.2. The number of hydrogen-bond acceptors (Lipinski definition) is 5. The first kappa shape index (κ1) is 17.2. The number of hydrogen-bond donors (Lipinski definition) is 0. The van der Waals surface area contributed by atoms with Gasteiger partial charge in [0.15, 0.2) is 0 Å². The van der Waals surface area contributed by atoms with Crippen molar-refractivity contribution in [1.82, 2.24) is 0 Å². The van der Waals surface area contributed by atoms with E-state index in [0.29, 0.717) is 11.3 Å². The molecule has 2 aromatic rings. The molecule has 4 nitrogen and oxygen atoms in total. The van der Waals surface area contributed by atoms with Gasteiger partial charge in [-0.2, -0.15) is 0 Å². The van der Waals surface area contributed by atoms with E-state index in [1.165, 1.54) is 0 Å². The molecule has 0 aliphatic rings. The Hall–Kier alpha value is -2.11. The summed E-state index contributed by atoms with van der Waals surface area (Å²) in [5.41, 5.74) is 1.47. The second kappa shape index (κ2) is 9.12. The Balaban J connectivity index is 2.02. The van der Waals surface area contributed by atoms with E-state index in [1.807, 2.05) is 30.3 Å². The molecule has 0 fully saturated rings. The lowest BCUT2D eigenvalue weighted by Crippen LogP contribution is -2.33. The van der Waals surface area contributed by atoms with Gasteiger partial charge in [-0.15, -0.1) is 0 Å². The summed E-state index contributed by atoms with van der Waals surface area (Å²) in [6, 6.07) is 18.3. The average molecular weight is 330 g/mol. The van der Waals surface area contributed by atoms with Gasteiger partial charge in [0.2, 0.25) is 11.9 Å². The van der Waals surface area contributed by atoms with Crippen LogP contribution in [0.5, 0.6) is 0 Å². The van der Waals surface area contributed by atoms with Crippen molar-refractivity contribution in [3.05, 3.63) is 71.8 Å². The highest BCUT2D eigenvalue weighted by molar-refractivity contribution is 7.93. The Labute approximate surface area is 140 Å². The highest BCUT2D eigenvalue weighted by atomic mass is 32.2. The molecule has 0 amide bonds. The maximum absolute atomic E-state index is 12.5. The Morgan fingerprint density at radius 3 is 2.22 bits per heavy atom. The molecule has 5 heteroatoms. The SMILES string of the molecule is CCOC(=O)C(OSCc1ccccc1)C(=O)c1ccccc1. The Bertz CT molecular complexity index is 628. The van der Waals surface area contributed by atoms with Crippen LogP contribution in [0.3, 0.4) is 0 Å². The molecule has 0 radical (unpaired) electrons. The van der Waals surface area contributed by atoms with Crippen molar-refractivity contribution in [3.63, 3.8) is 0 Å². The molecule has 23 heavy (non-hydrogen) atoms. The molecule has 0 aliphatic heterocycles. The minimum atomic E-state index is -1.26. The standard InChI is InChI=1S/C18H18O4S/c1-2-21-18(20)17(16(19)15-11-7-4-8-12-15)22-23-13-14-9-5-3-6-10-14/h3-12,17H,2,13H2,1H3.